The zero-order valence-electron chi connectivity index (χ0n) is 11.3. The van der Waals surface area contributed by atoms with E-state index in [1.807, 2.05) is 6.20 Å². The first kappa shape index (κ1) is 13.1. The van der Waals surface area contributed by atoms with Crippen molar-refractivity contribution in [2.24, 2.45) is 0 Å². The Hall–Kier alpha value is -0.870. The predicted octanol–water partition coefficient (Wildman–Crippen LogP) is 2.58. The van der Waals surface area contributed by atoms with Gasteiger partial charge in [-0.05, 0) is 38.8 Å². The molecule has 0 atom stereocenters. The molecule has 0 N–H and O–H groups in total. The summed E-state index contributed by atoms with van der Waals surface area (Å²) < 4.78 is 0. The van der Waals surface area contributed by atoms with Crippen molar-refractivity contribution in [1.82, 2.24) is 14.9 Å². The number of anilines is 1. The van der Waals surface area contributed by atoms with Crippen LogP contribution in [0.2, 0.25) is 5.15 Å². The van der Waals surface area contributed by atoms with Gasteiger partial charge in [0.2, 0.25) is 0 Å². The summed E-state index contributed by atoms with van der Waals surface area (Å²) in [5.74, 6) is 0.921. The maximum atomic E-state index is 5.91. The molecule has 0 bridgehead atoms. The third-order valence-corrected chi connectivity index (χ3v) is 4.47. The molecule has 19 heavy (non-hydrogen) atoms. The molecule has 3 rings (SSSR count). The van der Waals surface area contributed by atoms with E-state index in [4.69, 9.17) is 11.6 Å². The molecule has 4 nitrogen and oxygen atoms in total. The number of likely N-dealkylation sites (tertiary alicyclic amines) is 1. The molecule has 104 valence electrons. The van der Waals surface area contributed by atoms with Gasteiger partial charge in [-0.2, -0.15) is 0 Å². The van der Waals surface area contributed by atoms with E-state index < -0.39 is 0 Å². The third-order valence-electron chi connectivity index (χ3n) is 4.29. The largest absolute Gasteiger partial charge is 0.355 e. The molecule has 0 unspecified atom stereocenters. The Bertz CT molecular complexity index is 412. The Morgan fingerprint density at radius 3 is 2.42 bits per heavy atom. The molecule has 3 heterocycles. The standard InChI is InChI=1S/C14H21ClN4/c15-13-10-16-11-14(17-13)19-8-4-12(5-9-19)18-6-2-1-3-7-18/h10-12H,1-9H2. The Morgan fingerprint density at radius 1 is 1.00 bits per heavy atom. The zero-order valence-corrected chi connectivity index (χ0v) is 12.0. The van der Waals surface area contributed by atoms with Crippen LogP contribution < -0.4 is 4.90 Å². The van der Waals surface area contributed by atoms with Crippen LogP contribution in [0, 0.1) is 0 Å². The van der Waals surface area contributed by atoms with Crippen LogP contribution in [0.4, 0.5) is 5.82 Å². The summed E-state index contributed by atoms with van der Waals surface area (Å²) in [6.45, 7) is 4.72. The molecule has 0 spiro atoms. The quantitative estimate of drug-likeness (QED) is 0.834. The highest BCUT2D eigenvalue weighted by atomic mass is 35.5. The van der Waals surface area contributed by atoms with E-state index in [0.29, 0.717) is 5.15 Å². The smallest absolute Gasteiger partial charge is 0.149 e. The lowest BCUT2D eigenvalue weighted by Crippen LogP contribution is -2.46. The number of hydrogen-bond acceptors (Lipinski definition) is 4. The van der Waals surface area contributed by atoms with E-state index in [1.54, 1.807) is 6.20 Å². The Balaban J connectivity index is 1.57. The maximum Gasteiger partial charge on any atom is 0.149 e. The number of nitrogens with zero attached hydrogens (tertiary/aromatic N) is 4. The Morgan fingerprint density at radius 2 is 1.74 bits per heavy atom. The first-order valence-electron chi connectivity index (χ1n) is 7.29. The number of rotatable bonds is 2. The van der Waals surface area contributed by atoms with Crippen LogP contribution in [-0.2, 0) is 0 Å². The lowest BCUT2D eigenvalue weighted by atomic mass is 10.00. The van der Waals surface area contributed by atoms with Crippen molar-refractivity contribution in [3.8, 4) is 0 Å². The van der Waals surface area contributed by atoms with Crippen LogP contribution in [0.3, 0.4) is 0 Å². The molecular weight excluding hydrogens is 260 g/mol. The summed E-state index contributed by atoms with van der Waals surface area (Å²) >= 11 is 5.91. The highest BCUT2D eigenvalue weighted by Crippen LogP contribution is 2.23. The van der Waals surface area contributed by atoms with Crippen molar-refractivity contribution < 1.29 is 0 Å². The van der Waals surface area contributed by atoms with Gasteiger partial charge in [0.1, 0.15) is 11.0 Å². The summed E-state index contributed by atoms with van der Waals surface area (Å²) in [6, 6.07) is 0.767. The Labute approximate surface area is 119 Å². The molecular formula is C14H21ClN4. The number of halogens is 1. The van der Waals surface area contributed by atoms with Crippen molar-refractivity contribution >= 4 is 17.4 Å². The van der Waals surface area contributed by atoms with E-state index in [-0.39, 0.29) is 0 Å². The van der Waals surface area contributed by atoms with E-state index >= 15 is 0 Å². The van der Waals surface area contributed by atoms with Gasteiger partial charge in [-0.25, -0.2) is 4.98 Å². The van der Waals surface area contributed by atoms with E-state index in [1.165, 1.54) is 45.2 Å². The highest BCUT2D eigenvalue weighted by molar-refractivity contribution is 6.29. The first-order chi connectivity index (χ1) is 9.33. The summed E-state index contributed by atoms with van der Waals surface area (Å²) in [4.78, 5) is 13.5. The van der Waals surface area contributed by atoms with Gasteiger partial charge >= 0.3 is 0 Å². The minimum atomic E-state index is 0.482. The minimum Gasteiger partial charge on any atom is -0.355 e. The fourth-order valence-electron chi connectivity index (χ4n) is 3.23. The van der Waals surface area contributed by atoms with Crippen molar-refractivity contribution in [2.75, 3.05) is 31.1 Å². The molecule has 2 aliphatic rings. The maximum absolute atomic E-state index is 5.91. The molecule has 0 aromatic carbocycles. The number of aromatic nitrogens is 2. The number of piperidine rings is 2. The van der Waals surface area contributed by atoms with Crippen molar-refractivity contribution in [2.45, 2.75) is 38.1 Å². The van der Waals surface area contributed by atoms with Gasteiger partial charge in [0, 0.05) is 19.1 Å². The fraction of sp³-hybridized carbons (Fsp3) is 0.714. The molecule has 0 aliphatic carbocycles. The van der Waals surface area contributed by atoms with Crippen LogP contribution in [0.25, 0.3) is 0 Å². The summed E-state index contributed by atoms with van der Waals surface area (Å²) in [5, 5.41) is 0.482. The molecule has 5 heteroatoms. The lowest BCUT2D eigenvalue weighted by molar-refractivity contribution is 0.141. The van der Waals surface area contributed by atoms with Crippen molar-refractivity contribution in [3.63, 3.8) is 0 Å². The molecule has 1 aromatic heterocycles. The highest BCUT2D eigenvalue weighted by Gasteiger charge is 2.26. The summed E-state index contributed by atoms with van der Waals surface area (Å²) in [7, 11) is 0. The van der Waals surface area contributed by atoms with Gasteiger partial charge in [0.25, 0.3) is 0 Å². The van der Waals surface area contributed by atoms with Crippen LogP contribution >= 0.6 is 11.6 Å². The molecule has 0 amide bonds. The molecule has 2 fully saturated rings. The van der Waals surface area contributed by atoms with E-state index in [0.717, 1.165) is 24.9 Å². The number of hydrogen-bond donors (Lipinski definition) is 0. The van der Waals surface area contributed by atoms with Crippen LogP contribution in [0.15, 0.2) is 12.4 Å². The SMILES string of the molecule is Clc1cncc(N2CCC(N3CCCCC3)CC2)n1. The second kappa shape index (κ2) is 6.06. The second-order valence-corrected chi connectivity index (χ2v) is 5.90. The Kier molecular flexibility index (Phi) is 4.18. The van der Waals surface area contributed by atoms with Crippen molar-refractivity contribution in [3.05, 3.63) is 17.5 Å². The molecule has 0 saturated carbocycles. The van der Waals surface area contributed by atoms with E-state index in [2.05, 4.69) is 19.8 Å². The minimum absolute atomic E-state index is 0.482. The van der Waals surface area contributed by atoms with Crippen LogP contribution in [0.1, 0.15) is 32.1 Å². The average Bonchev–Trinajstić information content (AvgIpc) is 2.48. The van der Waals surface area contributed by atoms with E-state index in [9.17, 15) is 0 Å². The summed E-state index contributed by atoms with van der Waals surface area (Å²) in [6.07, 6.45) is 10.0. The zero-order chi connectivity index (χ0) is 13.1. The van der Waals surface area contributed by atoms with Gasteiger partial charge in [-0.15, -0.1) is 0 Å². The predicted molar refractivity (Wildman–Crippen MR) is 77.7 cm³/mol. The van der Waals surface area contributed by atoms with Gasteiger partial charge in [-0.3, -0.25) is 4.98 Å². The van der Waals surface area contributed by atoms with Crippen molar-refractivity contribution in [1.29, 1.82) is 0 Å². The molecule has 2 saturated heterocycles. The van der Waals surface area contributed by atoms with Gasteiger partial charge in [0.15, 0.2) is 0 Å². The van der Waals surface area contributed by atoms with Gasteiger partial charge in [0.05, 0.1) is 12.4 Å². The third kappa shape index (κ3) is 3.18. The fourth-order valence-corrected chi connectivity index (χ4v) is 3.37. The average molecular weight is 281 g/mol. The van der Waals surface area contributed by atoms with Gasteiger partial charge in [-0.1, -0.05) is 18.0 Å². The second-order valence-electron chi connectivity index (χ2n) is 5.51. The topological polar surface area (TPSA) is 32.3 Å². The lowest BCUT2D eigenvalue weighted by Gasteiger charge is -2.40. The van der Waals surface area contributed by atoms with Crippen LogP contribution in [0.5, 0.6) is 0 Å². The first-order valence-corrected chi connectivity index (χ1v) is 7.67. The monoisotopic (exact) mass is 280 g/mol. The van der Waals surface area contributed by atoms with Crippen LogP contribution in [-0.4, -0.2) is 47.1 Å². The molecule has 1 aromatic rings. The normalized spacial score (nSPS) is 22.7. The molecule has 2 aliphatic heterocycles. The van der Waals surface area contributed by atoms with Gasteiger partial charge < -0.3 is 9.80 Å². The summed E-state index contributed by atoms with van der Waals surface area (Å²) in [5.41, 5.74) is 0. The molecule has 0 radical (unpaired) electrons.